The first-order chi connectivity index (χ1) is 18.2. The number of carbonyl (C=O) groups excluding carboxylic acids is 2. The van der Waals surface area contributed by atoms with Gasteiger partial charge in [0.25, 0.3) is 5.56 Å². The molecule has 3 rings (SSSR count). The van der Waals surface area contributed by atoms with Gasteiger partial charge in [-0.3, -0.25) is 14.2 Å². The number of rotatable bonds is 10. The fraction of sp³-hybridized carbons (Fsp3) is 0.321. The first-order valence-electron chi connectivity index (χ1n) is 12.0. The van der Waals surface area contributed by atoms with Crippen molar-refractivity contribution in [3.05, 3.63) is 92.8 Å². The molecule has 11 heteroatoms. The van der Waals surface area contributed by atoms with Gasteiger partial charge in [0.1, 0.15) is 29.4 Å². The van der Waals surface area contributed by atoms with Crippen molar-refractivity contribution in [1.82, 2.24) is 9.88 Å². The van der Waals surface area contributed by atoms with Crippen LogP contribution in [-0.2, 0) is 16.0 Å². The molecule has 3 N–H and O–H groups in total. The Morgan fingerprint density at radius 1 is 0.974 bits per heavy atom. The van der Waals surface area contributed by atoms with Gasteiger partial charge < -0.3 is 20.6 Å². The molecule has 39 heavy (non-hydrogen) atoms. The third-order valence-electron chi connectivity index (χ3n) is 5.86. The van der Waals surface area contributed by atoms with Crippen molar-refractivity contribution in [2.75, 3.05) is 18.9 Å². The average molecular weight is 548 g/mol. The van der Waals surface area contributed by atoms with Gasteiger partial charge >= 0.3 is 0 Å². The van der Waals surface area contributed by atoms with E-state index in [4.69, 9.17) is 10.5 Å². The molecule has 0 aliphatic rings. The Kier molecular flexibility index (Phi) is 8.77. The number of benzene rings is 2. The summed E-state index contributed by atoms with van der Waals surface area (Å²) in [6.45, 7) is 7.43. The zero-order chi connectivity index (χ0) is 29.1. The molecule has 0 bridgehead atoms. The van der Waals surface area contributed by atoms with E-state index in [1.54, 1.807) is 6.92 Å². The van der Waals surface area contributed by atoms with Crippen molar-refractivity contribution in [3.8, 4) is 5.69 Å². The quantitative estimate of drug-likeness (QED) is 0.225. The number of nitrogens with two attached hydrogens (primary N) is 1. The van der Waals surface area contributed by atoms with E-state index in [9.17, 15) is 23.2 Å². The SMILES string of the molecule is CC(C=O)(COC(C)(C)C)NCCc1cc(F)c(-n2c(N)c(C(=O)c3ccc(F)cc3F)ccc2=O)c(F)c1. The summed E-state index contributed by atoms with van der Waals surface area (Å²) in [5.74, 6) is -5.96. The molecule has 1 unspecified atom stereocenters. The molecule has 0 saturated carbocycles. The Labute approximate surface area is 222 Å². The number of aldehydes is 1. The summed E-state index contributed by atoms with van der Waals surface area (Å²) in [5.41, 5.74) is 2.00. The van der Waals surface area contributed by atoms with Gasteiger partial charge in [-0.2, -0.15) is 0 Å². The lowest BCUT2D eigenvalue weighted by Gasteiger charge is -2.29. The molecule has 2 aromatic carbocycles. The van der Waals surface area contributed by atoms with E-state index in [-0.39, 0.29) is 25.1 Å². The van der Waals surface area contributed by atoms with Gasteiger partial charge in [-0.15, -0.1) is 0 Å². The number of ether oxygens (including phenoxy) is 1. The van der Waals surface area contributed by atoms with Gasteiger partial charge in [0.15, 0.2) is 17.4 Å². The molecule has 0 spiro atoms. The van der Waals surface area contributed by atoms with Gasteiger partial charge in [-0.25, -0.2) is 17.6 Å². The third kappa shape index (κ3) is 6.98. The van der Waals surface area contributed by atoms with Crippen molar-refractivity contribution in [2.24, 2.45) is 0 Å². The van der Waals surface area contributed by atoms with E-state index in [2.05, 4.69) is 5.32 Å². The highest BCUT2D eigenvalue weighted by molar-refractivity contribution is 6.11. The van der Waals surface area contributed by atoms with Crippen molar-refractivity contribution in [1.29, 1.82) is 0 Å². The number of anilines is 1. The van der Waals surface area contributed by atoms with Crippen LogP contribution in [0.25, 0.3) is 5.69 Å². The Morgan fingerprint density at radius 2 is 1.59 bits per heavy atom. The molecule has 0 aliphatic carbocycles. The van der Waals surface area contributed by atoms with Crippen LogP contribution in [0.15, 0.2) is 47.3 Å². The number of hydrogen-bond acceptors (Lipinski definition) is 6. The van der Waals surface area contributed by atoms with Crippen molar-refractivity contribution in [3.63, 3.8) is 0 Å². The number of pyridine rings is 1. The molecule has 1 heterocycles. The highest BCUT2D eigenvalue weighted by Crippen LogP contribution is 2.25. The predicted octanol–water partition coefficient (Wildman–Crippen LogP) is 4.11. The standard InChI is InChI=1S/C28H29F4N3O4/c1-27(2,3)39-15-28(4,14-36)34-10-9-16-11-21(31)24(22(32)12-16)35-23(37)8-7-19(26(35)33)25(38)18-6-5-17(29)13-20(18)30/h5-8,11-14,34H,9-10,15,33H2,1-4H3. The zero-order valence-electron chi connectivity index (χ0n) is 21.9. The second kappa shape index (κ2) is 11.5. The molecule has 0 amide bonds. The van der Waals surface area contributed by atoms with Gasteiger partial charge in [0, 0.05) is 18.7 Å². The highest BCUT2D eigenvalue weighted by atomic mass is 19.1. The molecule has 1 aromatic heterocycles. The lowest BCUT2D eigenvalue weighted by molar-refractivity contribution is -0.118. The van der Waals surface area contributed by atoms with E-state index >= 15 is 8.78 Å². The second-order valence-electron chi connectivity index (χ2n) is 10.3. The second-order valence-corrected chi connectivity index (χ2v) is 10.3. The van der Waals surface area contributed by atoms with Crippen LogP contribution < -0.4 is 16.6 Å². The van der Waals surface area contributed by atoms with Gasteiger partial charge in [-0.05, 0) is 70.0 Å². The molecular weight excluding hydrogens is 518 g/mol. The van der Waals surface area contributed by atoms with E-state index < -0.39 is 68.4 Å². The monoisotopic (exact) mass is 547 g/mol. The Morgan fingerprint density at radius 3 is 2.15 bits per heavy atom. The number of ketones is 1. The van der Waals surface area contributed by atoms with Crippen LogP contribution in [0.3, 0.4) is 0 Å². The fourth-order valence-corrected chi connectivity index (χ4v) is 3.76. The minimum Gasteiger partial charge on any atom is -0.384 e. The molecule has 1 atom stereocenters. The summed E-state index contributed by atoms with van der Waals surface area (Å²) in [6.07, 6.45) is 0.824. The molecule has 0 fully saturated rings. The number of nitrogen functional groups attached to an aromatic ring is 1. The van der Waals surface area contributed by atoms with Gasteiger partial charge in [0.05, 0.1) is 28.9 Å². The third-order valence-corrected chi connectivity index (χ3v) is 5.86. The number of hydrogen-bond donors (Lipinski definition) is 2. The maximum Gasteiger partial charge on any atom is 0.256 e. The van der Waals surface area contributed by atoms with Crippen molar-refractivity contribution < 1.29 is 31.9 Å². The number of halogens is 4. The minimum atomic E-state index is -1.16. The normalized spacial score (nSPS) is 13.2. The molecule has 7 nitrogen and oxygen atoms in total. The van der Waals surface area contributed by atoms with Crippen LogP contribution in [0.4, 0.5) is 23.4 Å². The van der Waals surface area contributed by atoms with Crippen LogP contribution in [-0.4, -0.2) is 40.9 Å². The number of nitrogens with one attached hydrogen (secondary N) is 1. The number of aromatic nitrogens is 1. The summed E-state index contributed by atoms with van der Waals surface area (Å²) in [7, 11) is 0. The Bertz CT molecular complexity index is 1440. The van der Waals surface area contributed by atoms with Crippen LogP contribution >= 0.6 is 0 Å². The van der Waals surface area contributed by atoms with Crippen LogP contribution in [0, 0.1) is 23.3 Å². The summed E-state index contributed by atoms with van der Waals surface area (Å²) in [4.78, 5) is 37.0. The zero-order valence-corrected chi connectivity index (χ0v) is 21.9. The summed E-state index contributed by atoms with van der Waals surface area (Å²) in [5, 5.41) is 3.01. The topological polar surface area (TPSA) is 103 Å². The molecule has 0 aliphatic heterocycles. The lowest BCUT2D eigenvalue weighted by Crippen LogP contribution is -2.50. The van der Waals surface area contributed by atoms with E-state index in [1.807, 2.05) is 20.8 Å². The van der Waals surface area contributed by atoms with E-state index in [0.717, 1.165) is 36.4 Å². The van der Waals surface area contributed by atoms with Gasteiger partial charge in [-0.1, -0.05) is 0 Å². The minimum absolute atomic E-state index is 0.0841. The van der Waals surface area contributed by atoms with E-state index in [1.165, 1.54) is 0 Å². The molecule has 0 radical (unpaired) electrons. The fourth-order valence-electron chi connectivity index (χ4n) is 3.76. The van der Waals surface area contributed by atoms with Crippen molar-refractivity contribution >= 4 is 17.9 Å². The summed E-state index contributed by atoms with van der Waals surface area (Å²) in [6, 6.07) is 6.14. The summed E-state index contributed by atoms with van der Waals surface area (Å²) < 4.78 is 63.9. The molecule has 3 aromatic rings. The molecule has 0 saturated heterocycles. The smallest absolute Gasteiger partial charge is 0.256 e. The largest absolute Gasteiger partial charge is 0.384 e. The maximum atomic E-state index is 15.2. The number of nitrogens with zero attached hydrogens (tertiary/aromatic N) is 1. The first kappa shape index (κ1) is 29.7. The van der Waals surface area contributed by atoms with Gasteiger partial charge in [0.2, 0.25) is 0 Å². The predicted molar refractivity (Wildman–Crippen MR) is 138 cm³/mol. The Hall–Kier alpha value is -3.83. The van der Waals surface area contributed by atoms with E-state index in [0.29, 0.717) is 16.9 Å². The van der Waals surface area contributed by atoms with Crippen LogP contribution in [0.5, 0.6) is 0 Å². The summed E-state index contributed by atoms with van der Waals surface area (Å²) >= 11 is 0. The number of carbonyl (C=O) groups is 2. The Balaban J connectivity index is 1.88. The highest BCUT2D eigenvalue weighted by Gasteiger charge is 2.27. The molecule has 208 valence electrons. The molecular formula is C28H29F4N3O4. The van der Waals surface area contributed by atoms with Crippen molar-refractivity contribution in [2.45, 2.75) is 45.3 Å². The maximum absolute atomic E-state index is 15.2. The average Bonchev–Trinajstić information content (AvgIpc) is 2.83. The lowest BCUT2D eigenvalue weighted by atomic mass is 10.0. The van der Waals surface area contributed by atoms with Crippen LogP contribution in [0.1, 0.15) is 49.2 Å². The van der Waals surface area contributed by atoms with Crippen LogP contribution in [0.2, 0.25) is 0 Å². The first-order valence-corrected chi connectivity index (χ1v) is 12.0.